The number of morpholine rings is 1. The summed E-state index contributed by atoms with van der Waals surface area (Å²) < 4.78 is 47.5. The third-order valence-electron chi connectivity index (χ3n) is 7.73. The maximum absolute atomic E-state index is 14.0. The molecule has 0 bridgehead atoms. The largest absolute Gasteiger partial charge is 0.418 e. The van der Waals surface area contributed by atoms with Crippen LogP contribution in [0.15, 0.2) is 12.3 Å². The van der Waals surface area contributed by atoms with E-state index in [0.717, 1.165) is 97.1 Å². The van der Waals surface area contributed by atoms with Crippen LogP contribution >= 0.6 is 0 Å². The molecule has 9 nitrogen and oxygen atoms in total. The lowest BCUT2D eigenvalue weighted by Gasteiger charge is -2.34. The molecular formula is C26H36F3N7O2. The van der Waals surface area contributed by atoms with Crippen molar-refractivity contribution in [1.82, 2.24) is 30.1 Å². The summed E-state index contributed by atoms with van der Waals surface area (Å²) in [6.45, 7) is 8.52. The van der Waals surface area contributed by atoms with Gasteiger partial charge in [0.1, 0.15) is 16.9 Å². The van der Waals surface area contributed by atoms with E-state index in [0.29, 0.717) is 13.1 Å². The van der Waals surface area contributed by atoms with Gasteiger partial charge in [-0.2, -0.15) is 13.2 Å². The smallest absolute Gasteiger partial charge is 0.379 e. The van der Waals surface area contributed by atoms with E-state index in [1.54, 1.807) is 0 Å². The molecule has 1 N–H and O–H groups in total. The molecule has 2 aromatic heterocycles. The third kappa shape index (κ3) is 6.70. The van der Waals surface area contributed by atoms with Crippen LogP contribution in [0, 0.1) is 0 Å². The molecule has 0 atom stereocenters. The summed E-state index contributed by atoms with van der Waals surface area (Å²) >= 11 is 0. The number of ether oxygens (including phenoxy) is 1. The fourth-order valence-corrected chi connectivity index (χ4v) is 5.45. The van der Waals surface area contributed by atoms with E-state index in [1.165, 1.54) is 6.20 Å². The molecular weight excluding hydrogens is 499 g/mol. The molecule has 0 unspecified atom stereocenters. The van der Waals surface area contributed by atoms with Crippen molar-refractivity contribution in [2.75, 3.05) is 70.5 Å². The van der Waals surface area contributed by atoms with Crippen molar-refractivity contribution in [2.24, 2.45) is 0 Å². The molecule has 2 aromatic rings. The van der Waals surface area contributed by atoms with Gasteiger partial charge in [-0.25, -0.2) is 15.0 Å². The molecule has 0 saturated carbocycles. The van der Waals surface area contributed by atoms with Crippen molar-refractivity contribution in [2.45, 2.75) is 50.7 Å². The van der Waals surface area contributed by atoms with Gasteiger partial charge in [-0.3, -0.25) is 9.69 Å². The molecule has 0 radical (unpaired) electrons. The maximum Gasteiger partial charge on any atom is 0.418 e. The molecule has 3 saturated heterocycles. The minimum Gasteiger partial charge on any atom is -0.379 e. The van der Waals surface area contributed by atoms with Crippen LogP contribution < -0.4 is 10.2 Å². The van der Waals surface area contributed by atoms with Crippen LogP contribution in [-0.4, -0.2) is 102 Å². The number of nitrogens with one attached hydrogen (secondary N) is 1. The van der Waals surface area contributed by atoms with Crippen molar-refractivity contribution >= 4 is 22.8 Å². The number of amides is 1. The first-order chi connectivity index (χ1) is 18.4. The third-order valence-corrected chi connectivity index (χ3v) is 7.73. The predicted molar refractivity (Wildman–Crippen MR) is 137 cm³/mol. The highest BCUT2D eigenvalue weighted by Gasteiger charge is 2.35. The first-order valence-electron chi connectivity index (χ1n) is 13.7. The number of nitrogens with zero attached hydrogens (tertiary/aromatic N) is 6. The first-order valence-corrected chi connectivity index (χ1v) is 13.7. The summed E-state index contributed by atoms with van der Waals surface area (Å²) in [6.07, 6.45) is 2.12. The molecule has 0 aromatic carbocycles. The number of anilines is 1. The molecule has 5 rings (SSSR count). The van der Waals surface area contributed by atoms with Gasteiger partial charge in [0.05, 0.1) is 25.0 Å². The normalized spacial score (nSPS) is 21.0. The molecule has 3 aliphatic heterocycles. The molecule has 3 fully saturated rings. The predicted octanol–water partition coefficient (Wildman–Crippen LogP) is 2.95. The number of carbonyl (C=O) groups is 1. The summed E-state index contributed by atoms with van der Waals surface area (Å²) in [7, 11) is 0. The molecule has 3 aliphatic rings. The lowest BCUT2D eigenvalue weighted by atomic mass is 10.0. The van der Waals surface area contributed by atoms with E-state index in [2.05, 4.69) is 30.1 Å². The molecule has 1 amide bonds. The molecule has 38 heavy (non-hydrogen) atoms. The van der Waals surface area contributed by atoms with Gasteiger partial charge < -0.3 is 19.9 Å². The van der Waals surface area contributed by atoms with Crippen molar-refractivity contribution in [3.8, 4) is 0 Å². The average molecular weight is 536 g/mol. The van der Waals surface area contributed by atoms with E-state index in [4.69, 9.17) is 4.74 Å². The molecule has 12 heteroatoms. The summed E-state index contributed by atoms with van der Waals surface area (Å²) in [5.74, 6) is -0.529. The summed E-state index contributed by atoms with van der Waals surface area (Å²) in [5, 5.41) is 2.93. The van der Waals surface area contributed by atoms with Gasteiger partial charge >= 0.3 is 6.18 Å². The number of hydrogen-bond donors (Lipinski definition) is 1. The summed E-state index contributed by atoms with van der Waals surface area (Å²) in [6, 6.07) is 1.00. The van der Waals surface area contributed by atoms with Crippen LogP contribution in [0.2, 0.25) is 0 Å². The van der Waals surface area contributed by atoms with Gasteiger partial charge in [0, 0.05) is 58.4 Å². The summed E-state index contributed by atoms with van der Waals surface area (Å²) in [4.78, 5) is 32.2. The second kappa shape index (κ2) is 12.1. The van der Waals surface area contributed by atoms with Gasteiger partial charge in [-0.15, -0.1) is 0 Å². The average Bonchev–Trinajstić information content (AvgIpc) is 3.21. The van der Waals surface area contributed by atoms with Crippen molar-refractivity contribution in [3.63, 3.8) is 0 Å². The Kier molecular flexibility index (Phi) is 8.59. The Morgan fingerprint density at radius 2 is 1.61 bits per heavy atom. The number of aromatic nitrogens is 3. The van der Waals surface area contributed by atoms with Crippen LogP contribution in [-0.2, 0) is 10.9 Å². The molecule has 5 heterocycles. The zero-order chi connectivity index (χ0) is 26.5. The van der Waals surface area contributed by atoms with Gasteiger partial charge in [0.2, 0.25) is 5.82 Å². The van der Waals surface area contributed by atoms with Gasteiger partial charge in [0.15, 0.2) is 0 Å². The van der Waals surface area contributed by atoms with Crippen molar-refractivity contribution in [3.05, 3.63) is 23.7 Å². The van der Waals surface area contributed by atoms with Crippen LogP contribution in [0.3, 0.4) is 0 Å². The highest BCUT2D eigenvalue weighted by atomic mass is 19.4. The van der Waals surface area contributed by atoms with Crippen LogP contribution in [0.4, 0.5) is 19.0 Å². The lowest BCUT2D eigenvalue weighted by Crippen LogP contribution is -2.47. The monoisotopic (exact) mass is 535 g/mol. The number of halogens is 3. The number of piperidine rings is 1. The number of likely N-dealkylation sites (tertiary alicyclic amines) is 1. The van der Waals surface area contributed by atoms with Crippen LogP contribution in [0.5, 0.6) is 0 Å². The van der Waals surface area contributed by atoms with Gasteiger partial charge in [-0.05, 0) is 31.7 Å². The number of hydrogen-bond acceptors (Lipinski definition) is 8. The Morgan fingerprint density at radius 1 is 0.947 bits per heavy atom. The van der Waals surface area contributed by atoms with Crippen molar-refractivity contribution in [1.29, 1.82) is 0 Å². The highest BCUT2D eigenvalue weighted by molar-refractivity contribution is 5.93. The van der Waals surface area contributed by atoms with Gasteiger partial charge in [-0.1, -0.05) is 12.8 Å². The topological polar surface area (TPSA) is 86.7 Å². The lowest BCUT2D eigenvalue weighted by molar-refractivity contribution is -0.136. The van der Waals surface area contributed by atoms with E-state index >= 15 is 0 Å². The number of pyridine rings is 1. The Balaban J connectivity index is 1.23. The second-order valence-corrected chi connectivity index (χ2v) is 10.4. The first kappa shape index (κ1) is 27.0. The number of rotatable bonds is 6. The second-order valence-electron chi connectivity index (χ2n) is 10.4. The number of fused-ring (bicyclic) bond motifs is 1. The summed E-state index contributed by atoms with van der Waals surface area (Å²) in [5.41, 5.74) is -1.18. The SMILES string of the molecule is O=C(NC1CCN(CCN2CCOCC2)CC1)c1ncc2nc(N3CCCCCC3)cc(C(F)(F)F)c2n1. The molecule has 208 valence electrons. The standard InChI is InChI=1S/C26H36F3N7O2/c27-26(28,29)20-17-22(36-7-3-1-2-4-8-36)32-21-18-30-24(33-23(20)21)25(37)31-19-5-9-34(10-6-19)11-12-35-13-15-38-16-14-35/h17-19H,1-16H2,(H,31,37). The Morgan fingerprint density at radius 3 is 2.26 bits per heavy atom. The van der Waals surface area contributed by atoms with E-state index < -0.39 is 17.6 Å². The Hall–Kier alpha value is -2.57. The number of carbonyl (C=O) groups excluding carboxylic acids is 1. The fourth-order valence-electron chi connectivity index (χ4n) is 5.45. The van der Waals surface area contributed by atoms with Crippen molar-refractivity contribution < 1.29 is 22.7 Å². The Labute approximate surface area is 220 Å². The minimum atomic E-state index is -4.63. The molecule has 0 spiro atoms. The van der Waals surface area contributed by atoms with E-state index in [9.17, 15) is 18.0 Å². The van der Waals surface area contributed by atoms with Crippen LogP contribution in [0.1, 0.15) is 54.7 Å². The van der Waals surface area contributed by atoms with E-state index in [1.807, 2.05) is 4.90 Å². The van der Waals surface area contributed by atoms with E-state index in [-0.39, 0.29) is 28.7 Å². The quantitative estimate of drug-likeness (QED) is 0.605. The van der Waals surface area contributed by atoms with Gasteiger partial charge in [0.25, 0.3) is 5.91 Å². The molecule has 0 aliphatic carbocycles. The highest BCUT2D eigenvalue weighted by Crippen LogP contribution is 2.36. The zero-order valence-corrected chi connectivity index (χ0v) is 21.7. The maximum atomic E-state index is 14.0. The fraction of sp³-hybridized carbons (Fsp3) is 0.692. The van der Waals surface area contributed by atoms with Crippen LogP contribution in [0.25, 0.3) is 11.0 Å². The zero-order valence-electron chi connectivity index (χ0n) is 21.7. The minimum absolute atomic E-state index is 0.0456. The number of alkyl halides is 3. The Bertz CT molecular complexity index is 1090.